The molecule has 0 saturated carbocycles. The zero-order chi connectivity index (χ0) is 14.6. The molecular formula is C13H18N2O4. The number of hydrogen-bond acceptors (Lipinski definition) is 4. The molecule has 0 radical (unpaired) electrons. The summed E-state index contributed by atoms with van der Waals surface area (Å²) >= 11 is 0. The molecule has 0 bridgehead atoms. The van der Waals surface area contributed by atoms with Gasteiger partial charge < -0.3 is 20.9 Å². The van der Waals surface area contributed by atoms with Crippen LogP contribution in [-0.4, -0.2) is 22.8 Å². The van der Waals surface area contributed by atoms with Crippen molar-refractivity contribution in [2.75, 3.05) is 5.73 Å². The first-order chi connectivity index (χ1) is 8.69. The molecule has 19 heavy (non-hydrogen) atoms. The maximum absolute atomic E-state index is 11.6. The average molecular weight is 266 g/mol. The number of hydrogen-bond donors (Lipinski definition) is 3. The van der Waals surface area contributed by atoms with Crippen molar-refractivity contribution >= 4 is 17.7 Å². The van der Waals surface area contributed by atoms with Crippen LogP contribution in [0.2, 0.25) is 0 Å². The lowest BCUT2D eigenvalue weighted by Gasteiger charge is -2.22. The number of aliphatic carboxylic acids is 1. The van der Waals surface area contributed by atoms with Gasteiger partial charge in [0.25, 0.3) is 0 Å². The van der Waals surface area contributed by atoms with E-state index in [1.807, 2.05) is 0 Å². The van der Waals surface area contributed by atoms with Gasteiger partial charge in [-0.1, -0.05) is 12.1 Å². The predicted octanol–water partition coefficient (Wildman–Crippen LogP) is 1.92. The Morgan fingerprint density at radius 3 is 2.21 bits per heavy atom. The van der Waals surface area contributed by atoms with Gasteiger partial charge in [-0.05, 0) is 38.5 Å². The predicted molar refractivity (Wildman–Crippen MR) is 70.6 cm³/mol. The van der Waals surface area contributed by atoms with Crippen molar-refractivity contribution in [2.24, 2.45) is 0 Å². The standard InChI is InChI=1S/C13H18N2O4/c1-13(2,3)19-12(18)15-10(11(16)17)8-4-6-9(14)7-5-8/h4-7,10H,14H2,1-3H3,(H,15,18)(H,16,17). The highest BCUT2D eigenvalue weighted by Crippen LogP contribution is 2.16. The third kappa shape index (κ3) is 4.87. The Hall–Kier alpha value is -2.24. The van der Waals surface area contributed by atoms with Gasteiger partial charge in [-0.15, -0.1) is 0 Å². The molecule has 6 nitrogen and oxygen atoms in total. The maximum Gasteiger partial charge on any atom is 0.408 e. The van der Waals surface area contributed by atoms with Crippen LogP contribution < -0.4 is 11.1 Å². The minimum Gasteiger partial charge on any atom is -0.479 e. The lowest BCUT2D eigenvalue weighted by atomic mass is 10.1. The lowest BCUT2D eigenvalue weighted by molar-refractivity contribution is -0.139. The second-order valence-corrected chi connectivity index (χ2v) is 5.08. The number of carbonyl (C=O) groups excluding carboxylic acids is 1. The summed E-state index contributed by atoms with van der Waals surface area (Å²) in [5.41, 5.74) is 5.78. The number of rotatable bonds is 3. The van der Waals surface area contributed by atoms with E-state index in [9.17, 15) is 9.59 Å². The number of carboxylic acid groups (broad SMARTS) is 1. The van der Waals surface area contributed by atoms with Crippen molar-refractivity contribution in [3.8, 4) is 0 Å². The van der Waals surface area contributed by atoms with Crippen molar-refractivity contribution in [1.29, 1.82) is 0 Å². The topological polar surface area (TPSA) is 102 Å². The molecule has 1 unspecified atom stereocenters. The largest absolute Gasteiger partial charge is 0.479 e. The SMILES string of the molecule is CC(C)(C)OC(=O)NC(C(=O)O)c1ccc(N)cc1. The number of benzene rings is 1. The molecule has 0 aliphatic carbocycles. The first-order valence-electron chi connectivity index (χ1n) is 5.77. The molecule has 0 aliphatic heterocycles. The number of anilines is 1. The Bertz CT molecular complexity index is 463. The van der Waals surface area contributed by atoms with Gasteiger partial charge in [-0.25, -0.2) is 9.59 Å². The summed E-state index contributed by atoms with van der Waals surface area (Å²) in [5, 5.41) is 11.4. The highest BCUT2D eigenvalue weighted by Gasteiger charge is 2.25. The van der Waals surface area contributed by atoms with E-state index in [2.05, 4.69) is 5.32 Å². The number of alkyl carbamates (subject to hydrolysis) is 1. The Labute approximate surface area is 111 Å². The minimum absolute atomic E-state index is 0.424. The number of carbonyl (C=O) groups is 2. The van der Waals surface area contributed by atoms with Gasteiger partial charge in [0, 0.05) is 5.69 Å². The molecule has 0 fully saturated rings. The van der Waals surface area contributed by atoms with Crippen LogP contribution in [0.4, 0.5) is 10.5 Å². The second-order valence-electron chi connectivity index (χ2n) is 5.08. The maximum atomic E-state index is 11.6. The molecule has 1 aromatic rings. The fourth-order valence-corrected chi connectivity index (χ4v) is 1.40. The smallest absolute Gasteiger partial charge is 0.408 e. The lowest BCUT2D eigenvalue weighted by Crippen LogP contribution is -2.38. The number of carboxylic acids is 1. The molecule has 0 spiro atoms. The number of amides is 1. The summed E-state index contributed by atoms with van der Waals surface area (Å²) < 4.78 is 5.03. The average Bonchev–Trinajstić information content (AvgIpc) is 2.24. The molecule has 104 valence electrons. The summed E-state index contributed by atoms with van der Waals surface area (Å²) in [6.45, 7) is 5.10. The zero-order valence-corrected chi connectivity index (χ0v) is 11.1. The summed E-state index contributed by atoms with van der Waals surface area (Å²) in [6.07, 6.45) is -0.781. The van der Waals surface area contributed by atoms with Crippen LogP contribution in [0.15, 0.2) is 24.3 Å². The Balaban J connectivity index is 2.82. The van der Waals surface area contributed by atoms with E-state index in [4.69, 9.17) is 15.6 Å². The Morgan fingerprint density at radius 1 is 1.26 bits per heavy atom. The van der Waals surface area contributed by atoms with E-state index in [0.29, 0.717) is 11.3 Å². The van der Waals surface area contributed by atoms with Crippen LogP contribution in [0.1, 0.15) is 32.4 Å². The molecule has 0 heterocycles. The van der Waals surface area contributed by atoms with Crippen LogP contribution in [0.5, 0.6) is 0 Å². The normalized spacial score (nSPS) is 12.6. The van der Waals surface area contributed by atoms with Crippen molar-refractivity contribution < 1.29 is 19.4 Å². The molecule has 0 saturated heterocycles. The van der Waals surface area contributed by atoms with E-state index in [1.54, 1.807) is 45.0 Å². The van der Waals surface area contributed by atoms with E-state index < -0.39 is 23.7 Å². The summed E-state index contributed by atoms with van der Waals surface area (Å²) in [5.74, 6) is -1.17. The summed E-state index contributed by atoms with van der Waals surface area (Å²) in [4.78, 5) is 22.8. The molecule has 1 aromatic carbocycles. The van der Waals surface area contributed by atoms with Crippen LogP contribution >= 0.6 is 0 Å². The summed E-state index contributed by atoms with van der Waals surface area (Å²) in [7, 11) is 0. The van der Waals surface area contributed by atoms with E-state index in [0.717, 1.165) is 0 Å². The fraction of sp³-hybridized carbons (Fsp3) is 0.385. The molecule has 4 N–H and O–H groups in total. The van der Waals surface area contributed by atoms with Crippen molar-refractivity contribution in [1.82, 2.24) is 5.32 Å². The van der Waals surface area contributed by atoms with Crippen LogP contribution in [0, 0.1) is 0 Å². The van der Waals surface area contributed by atoms with Gasteiger partial charge >= 0.3 is 12.1 Å². The Morgan fingerprint density at radius 2 is 1.79 bits per heavy atom. The summed E-state index contributed by atoms with van der Waals surface area (Å²) in [6, 6.07) is 5.07. The van der Waals surface area contributed by atoms with Gasteiger partial charge in [-0.2, -0.15) is 0 Å². The van der Waals surface area contributed by atoms with Crippen molar-refractivity contribution in [3.63, 3.8) is 0 Å². The first kappa shape index (κ1) is 14.8. The molecule has 1 atom stereocenters. The molecule has 6 heteroatoms. The van der Waals surface area contributed by atoms with Crippen LogP contribution in [0.3, 0.4) is 0 Å². The molecule has 1 amide bonds. The van der Waals surface area contributed by atoms with E-state index >= 15 is 0 Å². The van der Waals surface area contributed by atoms with Gasteiger partial charge in [0.2, 0.25) is 0 Å². The van der Waals surface area contributed by atoms with Crippen molar-refractivity contribution in [2.45, 2.75) is 32.4 Å². The fourth-order valence-electron chi connectivity index (χ4n) is 1.40. The number of ether oxygens (including phenoxy) is 1. The molecule has 0 aromatic heterocycles. The van der Waals surface area contributed by atoms with Crippen LogP contribution in [0.25, 0.3) is 0 Å². The van der Waals surface area contributed by atoms with Gasteiger partial charge in [-0.3, -0.25) is 0 Å². The highest BCUT2D eigenvalue weighted by atomic mass is 16.6. The monoisotopic (exact) mass is 266 g/mol. The number of nitrogen functional groups attached to an aromatic ring is 1. The molecule has 0 aliphatic rings. The van der Waals surface area contributed by atoms with Gasteiger partial charge in [0.1, 0.15) is 5.60 Å². The van der Waals surface area contributed by atoms with Gasteiger partial charge in [0.15, 0.2) is 6.04 Å². The third-order valence-electron chi connectivity index (χ3n) is 2.18. The highest BCUT2D eigenvalue weighted by molar-refractivity contribution is 5.81. The number of nitrogens with two attached hydrogens (primary N) is 1. The zero-order valence-electron chi connectivity index (χ0n) is 11.1. The van der Waals surface area contributed by atoms with Crippen LogP contribution in [-0.2, 0) is 9.53 Å². The Kier molecular flexibility index (Phi) is 4.37. The third-order valence-corrected chi connectivity index (χ3v) is 2.18. The van der Waals surface area contributed by atoms with E-state index in [-0.39, 0.29) is 0 Å². The molecule has 1 rings (SSSR count). The van der Waals surface area contributed by atoms with Crippen molar-refractivity contribution in [3.05, 3.63) is 29.8 Å². The quantitative estimate of drug-likeness (QED) is 0.725. The minimum atomic E-state index is -1.17. The van der Waals surface area contributed by atoms with E-state index in [1.165, 1.54) is 0 Å². The second kappa shape index (κ2) is 5.60. The molecular weight excluding hydrogens is 248 g/mol. The van der Waals surface area contributed by atoms with Gasteiger partial charge in [0.05, 0.1) is 0 Å². The first-order valence-corrected chi connectivity index (χ1v) is 5.77. The number of nitrogens with one attached hydrogen (secondary N) is 1.